The molecule has 0 N–H and O–H groups in total. The average Bonchev–Trinajstić information content (AvgIpc) is 2.11. The lowest BCUT2D eigenvalue weighted by atomic mass is 10.1. The molecule has 70 valence electrons. The third-order valence-corrected chi connectivity index (χ3v) is 1.73. The van der Waals surface area contributed by atoms with E-state index in [4.69, 9.17) is 4.74 Å². The van der Waals surface area contributed by atoms with Crippen LogP contribution in [0, 0.1) is 0 Å². The van der Waals surface area contributed by atoms with Crippen LogP contribution in [0.1, 0.15) is 39.5 Å². The van der Waals surface area contributed by atoms with Crippen molar-refractivity contribution in [1.29, 1.82) is 0 Å². The summed E-state index contributed by atoms with van der Waals surface area (Å²) >= 11 is 0. The maximum absolute atomic E-state index is 10.9. The predicted molar refractivity (Wildman–Crippen MR) is 49.9 cm³/mol. The van der Waals surface area contributed by atoms with E-state index >= 15 is 0 Å². The van der Waals surface area contributed by atoms with Crippen molar-refractivity contribution < 1.29 is 9.53 Å². The van der Waals surface area contributed by atoms with E-state index in [0.29, 0.717) is 6.42 Å². The summed E-state index contributed by atoms with van der Waals surface area (Å²) in [7, 11) is 0. The van der Waals surface area contributed by atoms with Gasteiger partial charge in [0.1, 0.15) is 6.10 Å². The Morgan fingerprint density at radius 2 is 2.25 bits per heavy atom. The Morgan fingerprint density at radius 3 is 2.67 bits per heavy atom. The Balaban J connectivity index is 3.66. The van der Waals surface area contributed by atoms with Crippen LogP contribution in [-0.4, -0.2) is 12.1 Å². The van der Waals surface area contributed by atoms with Crippen LogP contribution in [0.4, 0.5) is 0 Å². The van der Waals surface area contributed by atoms with Gasteiger partial charge in [-0.15, -0.1) is 6.58 Å². The van der Waals surface area contributed by atoms with Crippen molar-refractivity contribution in [3.63, 3.8) is 0 Å². The van der Waals surface area contributed by atoms with E-state index in [1.807, 2.05) is 19.9 Å². The van der Waals surface area contributed by atoms with Gasteiger partial charge < -0.3 is 4.74 Å². The average molecular weight is 170 g/mol. The first kappa shape index (κ1) is 11.2. The highest BCUT2D eigenvalue weighted by atomic mass is 16.5. The van der Waals surface area contributed by atoms with Crippen LogP contribution in [0.15, 0.2) is 12.7 Å². The molecule has 0 saturated heterocycles. The first-order chi connectivity index (χ1) is 5.74. The molecule has 0 amide bonds. The largest absolute Gasteiger partial charge is 0.462 e. The third kappa shape index (κ3) is 4.94. The topological polar surface area (TPSA) is 26.3 Å². The lowest BCUT2D eigenvalue weighted by Gasteiger charge is -2.14. The number of carbonyl (C=O) groups excluding carboxylic acids is 1. The van der Waals surface area contributed by atoms with Crippen molar-refractivity contribution in [2.45, 2.75) is 45.6 Å². The molecule has 0 aromatic rings. The minimum Gasteiger partial charge on any atom is -0.462 e. The van der Waals surface area contributed by atoms with E-state index in [1.54, 1.807) is 0 Å². The third-order valence-electron chi connectivity index (χ3n) is 1.73. The quantitative estimate of drug-likeness (QED) is 0.452. The van der Waals surface area contributed by atoms with Gasteiger partial charge in [0.15, 0.2) is 0 Å². The molecule has 0 spiro atoms. The van der Waals surface area contributed by atoms with Crippen molar-refractivity contribution in [3.05, 3.63) is 12.7 Å². The Labute approximate surface area is 74.6 Å². The molecule has 2 heteroatoms. The maximum atomic E-state index is 10.9. The number of hydrogen-bond donors (Lipinski definition) is 0. The molecule has 0 aromatic carbocycles. The summed E-state index contributed by atoms with van der Waals surface area (Å²) < 4.78 is 5.16. The summed E-state index contributed by atoms with van der Waals surface area (Å²) in [6.07, 6.45) is 5.09. The summed E-state index contributed by atoms with van der Waals surface area (Å²) in [5.41, 5.74) is 0. The highest BCUT2D eigenvalue weighted by Crippen LogP contribution is 2.07. The molecule has 12 heavy (non-hydrogen) atoms. The minimum absolute atomic E-state index is 0.0791. The molecule has 0 heterocycles. The molecular weight excluding hydrogens is 152 g/mol. The lowest BCUT2D eigenvalue weighted by molar-refractivity contribution is -0.149. The zero-order valence-corrected chi connectivity index (χ0v) is 8.01. The minimum atomic E-state index is -0.106. The molecule has 0 fully saturated rings. The number of allylic oxidation sites excluding steroid dienone is 1. The van der Waals surface area contributed by atoms with Gasteiger partial charge >= 0.3 is 5.97 Å². The van der Waals surface area contributed by atoms with Crippen LogP contribution in [0.25, 0.3) is 0 Å². The monoisotopic (exact) mass is 170 g/mol. The van der Waals surface area contributed by atoms with Crippen LogP contribution in [0.2, 0.25) is 0 Å². The van der Waals surface area contributed by atoms with Gasteiger partial charge in [0, 0.05) is 6.42 Å². The molecular formula is C10H18O2. The van der Waals surface area contributed by atoms with Gasteiger partial charge in [-0.25, -0.2) is 0 Å². The second kappa shape index (κ2) is 6.89. The van der Waals surface area contributed by atoms with E-state index in [0.717, 1.165) is 19.3 Å². The Bertz CT molecular complexity index is 141. The van der Waals surface area contributed by atoms with Gasteiger partial charge in [0.05, 0.1) is 0 Å². The van der Waals surface area contributed by atoms with Crippen LogP contribution < -0.4 is 0 Å². The molecule has 1 unspecified atom stereocenters. The summed E-state index contributed by atoms with van der Waals surface area (Å²) in [6.45, 7) is 7.46. The fourth-order valence-electron chi connectivity index (χ4n) is 0.919. The van der Waals surface area contributed by atoms with Crippen LogP contribution in [0.5, 0.6) is 0 Å². The molecule has 1 atom stereocenters. The lowest BCUT2D eigenvalue weighted by Crippen LogP contribution is -2.16. The predicted octanol–water partition coefficient (Wildman–Crippen LogP) is 2.68. The Hall–Kier alpha value is -0.790. The summed E-state index contributed by atoms with van der Waals surface area (Å²) in [4.78, 5) is 10.9. The summed E-state index contributed by atoms with van der Waals surface area (Å²) in [6, 6.07) is 0. The van der Waals surface area contributed by atoms with Gasteiger partial charge in [0.25, 0.3) is 0 Å². The zero-order chi connectivity index (χ0) is 9.40. The van der Waals surface area contributed by atoms with Crippen molar-refractivity contribution >= 4 is 5.97 Å². The van der Waals surface area contributed by atoms with Crippen LogP contribution >= 0.6 is 0 Å². The van der Waals surface area contributed by atoms with E-state index in [-0.39, 0.29) is 12.1 Å². The number of carbonyl (C=O) groups is 1. The maximum Gasteiger partial charge on any atom is 0.305 e. The first-order valence-corrected chi connectivity index (χ1v) is 4.54. The van der Waals surface area contributed by atoms with Gasteiger partial charge in [0.2, 0.25) is 0 Å². The normalized spacial score (nSPS) is 12.2. The fourth-order valence-corrected chi connectivity index (χ4v) is 0.919. The molecule has 0 bridgehead atoms. The molecule has 0 aliphatic rings. The van der Waals surface area contributed by atoms with E-state index in [1.165, 1.54) is 0 Å². The number of esters is 1. The molecule has 0 radical (unpaired) electrons. The van der Waals surface area contributed by atoms with E-state index < -0.39 is 0 Å². The van der Waals surface area contributed by atoms with Crippen molar-refractivity contribution in [1.82, 2.24) is 0 Å². The van der Waals surface area contributed by atoms with Crippen molar-refractivity contribution in [2.75, 3.05) is 0 Å². The van der Waals surface area contributed by atoms with Crippen molar-refractivity contribution in [3.8, 4) is 0 Å². The fraction of sp³-hybridized carbons (Fsp3) is 0.700. The Morgan fingerprint density at radius 1 is 1.58 bits per heavy atom. The number of rotatable bonds is 6. The molecule has 0 aliphatic heterocycles. The SMILES string of the molecule is C=CCCC(CC)OC(=O)CC. The van der Waals surface area contributed by atoms with Crippen LogP contribution in [0.3, 0.4) is 0 Å². The van der Waals surface area contributed by atoms with E-state index in [9.17, 15) is 4.79 Å². The number of ether oxygens (including phenoxy) is 1. The Kier molecular flexibility index (Phi) is 6.44. The molecule has 0 rings (SSSR count). The second-order valence-corrected chi connectivity index (χ2v) is 2.74. The van der Waals surface area contributed by atoms with Crippen LogP contribution in [-0.2, 0) is 9.53 Å². The smallest absolute Gasteiger partial charge is 0.305 e. The highest BCUT2D eigenvalue weighted by Gasteiger charge is 2.09. The van der Waals surface area contributed by atoms with Crippen molar-refractivity contribution in [2.24, 2.45) is 0 Å². The van der Waals surface area contributed by atoms with E-state index in [2.05, 4.69) is 6.58 Å². The number of hydrogen-bond acceptors (Lipinski definition) is 2. The summed E-state index contributed by atoms with van der Waals surface area (Å²) in [5, 5.41) is 0. The van der Waals surface area contributed by atoms with Gasteiger partial charge in [-0.3, -0.25) is 4.79 Å². The zero-order valence-electron chi connectivity index (χ0n) is 8.01. The molecule has 0 saturated carbocycles. The molecule has 2 nitrogen and oxygen atoms in total. The highest BCUT2D eigenvalue weighted by molar-refractivity contribution is 5.69. The molecule has 0 aromatic heterocycles. The first-order valence-electron chi connectivity index (χ1n) is 4.54. The van der Waals surface area contributed by atoms with Gasteiger partial charge in [-0.05, 0) is 19.3 Å². The summed E-state index contributed by atoms with van der Waals surface area (Å²) in [5.74, 6) is -0.106. The second-order valence-electron chi connectivity index (χ2n) is 2.74. The van der Waals surface area contributed by atoms with Gasteiger partial charge in [-0.1, -0.05) is 19.9 Å². The molecule has 0 aliphatic carbocycles. The van der Waals surface area contributed by atoms with Gasteiger partial charge in [-0.2, -0.15) is 0 Å². The standard InChI is InChI=1S/C10H18O2/c1-4-7-8-9(5-2)12-10(11)6-3/h4,9H,1,5-8H2,2-3H3.